The number of non-ortho nitro benzene ring substituents is 1. The zero-order valence-corrected chi connectivity index (χ0v) is 15.2. The Labute approximate surface area is 163 Å². The van der Waals surface area contributed by atoms with E-state index in [1.165, 1.54) is 43.5 Å². The number of nitro benzene ring substituents is 1. The third-order valence-corrected chi connectivity index (χ3v) is 3.66. The van der Waals surface area contributed by atoms with Crippen LogP contribution in [-0.4, -0.2) is 37.0 Å². The molecule has 0 saturated carbocycles. The molecule has 2 amide bonds. The summed E-state index contributed by atoms with van der Waals surface area (Å²) in [6.45, 7) is -3.30. The number of nitrogens with zero attached hydrogens (tertiary/aromatic N) is 1. The zero-order chi connectivity index (χ0) is 21.4. The Morgan fingerprint density at radius 1 is 1.14 bits per heavy atom. The van der Waals surface area contributed by atoms with Gasteiger partial charge in [0.25, 0.3) is 11.6 Å². The number of benzene rings is 2. The van der Waals surface area contributed by atoms with E-state index in [-0.39, 0.29) is 35.8 Å². The highest BCUT2D eigenvalue weighted by molar-refractivity contribution is 5.96. The van der Waals surface area contributed by atoms with E-state index >= 15 is 0 Å². The molecule has 154 valence electrons. The second-order valence-corrected chi connectivity index (χ2v) is 5.63. The van der Waals surface area contributed by atoms with Crippen LogP contribution in [0.2, 0.25) is 0 Å². The molecule has 0 aliphatic heterocycles. The van der Waals surface area contributed by atoms with Crippen molar-refractivity contribution < 1.29 is 32.8 Å². The molecule has 2 rings (SSSR count). The van der Waals surface area contributed by atoms with Gasteiger partial charge in [-0.15, -0.1) is 0 Å². The highest BCUT2D eigenvalue weighted by atomic mass is 19.3. The molecule has 0 unspecified atom stereocenters. The lowest BCUT2D eigenvalue weighted by Gasteiger charge is -2.12. The molecule has 29 heavy (non-hydrogen) atoms. The van der Waals surface area contributed by atoms with Gasteiger partial charge in [0.05, 0.1) is 18.6 Å². The molecule has 0 atom stereocenters. The zero-order valence-electron chi connectivity index (χ0n) is 15.2. The molecular weight excluding hydrogens is 392 g/mol. The maximum Gasteiger partial charge on any atom is 0.387 e. The summed E-state index contributed by atoms with van der Waals surface area (Å²) >= 11 is 0. The van der Waals surface area contributed by atoms with E-state index in [4.69, 9.17) is 4.74 Å². The van der Waals surface area contributed by atoms with E-state index < -0.39 is 23.3 Å². The minimum atomic E-state index is -3.00. The average Bonchev–Trinajstić information content (AvgIpc) is 2.70. The number of carbonyl (C=O) groups excluding carboxylic acids is 2. The van der Waals surface area contributed by atoms with Crippen LogP contribution in [0.15, 0.2) is 42.5 Å². The summed E-state index contributed by atoms with van der Waals surface area (Å²) in [4.78, 5) is 34.0. The number of nitrogens with one attached hydrogen (secondary N) is 2. The van der Waals surface area contributed by atoms with Crippen LogP contribution in [-0.2, 0) is 11.3 Å². The van der Waals surface area contributed by atoms with Gasteiger partial charge in [0.15, 0.2) is 11.5 Å². The molecular formula is C18H17F2N3O6. The first-order valence-corrected chi connectivity index (χ1v) is 8.21. The number of hydrogen-bond acceptors (Lipinski definition) is 6. The molecule has 2 aromatic carbocycles. The molecule has 0 aromatic heterocycles. The monoisotopic (exact) mass is 409 g/mol. The lowest BCUT2D eigenvalue weighted by molar-refractivity contribution is -0.384. The van der Waals surface area contributed by atoms with E-state index in [2.05, 4.69) is 15.4 Å². The topological polar surface area (TPSA) is 120 Å². The molecule has 0 fully saturated rings. The third kappa shape index (κ3) is 6.41. The lowest BCUT2D eigenvalue weighted by Crippen LogP contribution is -2.36. The Morgan fingerprint density at radius 3 is 2.55 bits per heavy atom. The molecule has 2 aromatic rings. The van der Waals surface area contributed by atoms with Gasteiger partial charge in [-0.3, -0.25) is 19.7 Å². The van der Waals surface area contributed by atoms with E-state index in [1.807, 2.05) is 0 Å². The number of halogens is 2. The number of alkyl halides is 2. The lowest BCUT2D eigenvalue weighted by atomic mass is 10.2. The Morgan fingerprint density at radius 2 is 1.90 bits per heavy atom. The summed E-state index contributed by atoms with van der Waals surface area (Å²) < 4.78 is 33.9. The average molecular weight is 409 g/mol. The normalized spacial score (nSPS) is 10.3. The summed E-state index contributed by atoms with van der Waals surface area (Å²) in [6.07, 6.45) is 0. The van der Waals surface area contributed by atoms with Crippen molar-refractivity contribution in [2.24, 2.45) is 0 Å². The number of rotatable bonds is 9. The Kier molecular flexibility index (Phi) is 7.40. The van der Waals surface area contributed by atoms with Gasteiger partial charge in [-0.25, -0.2) is 0 Å². The van der Waals surface area contributed by atoms with E-state index in [0.29, 0.717) is 5.56 Å². The highest BCUT2D eigenvalue weighted by Gasteiger charge is 2.13. The quantitative estimate of drug-likeness (QED) is 0.484. The van der Waals surface area contributed by atoms with Gasteiger partial charge in [-0.2, -0.15) is 8.78 Å². The first-order chi connectivity index (χ1) is 13.8. The second-order valence-electron chi connectivity index (χ2n) is 5.63. The van der Waals surface area contributed by atoms with Gasteiger partial charge in [0.2, 0.25) is 5.91 Å². The molecule has 0 heterocycles. The maximum absolute atomic E-state index is 12.3. The van der Waals surface area contributed by atoms with Crippen molar-refractivity contribution in [2.75, 3.05) is 13.7 Å². The van der Waals surface area contributed by atoms with Crippen molar-refractivity contribution in [2.45, 2.75) is 13.2 Å². The number of carbonyl (C=O) groups is 2. The summed E-state index contributed by atoms with van der Waals surface area (Å²) in [5.41, 5.74) is 0.364. The van der Waals surface area contributed by atoms with Gasteiger partial charge < -0.3 is 20.1 Å². The molecule has 0 spiro atoms. The smallest absolute Gasteiger partial charge is 0.387 e. The SMILES string of the molecule is COc1cc(CNC(=O)CNC(=O)c2cccc([N+](=O)[O-])c2)ccc1OC(F)F. The summed E-state index contributed by atoms with van der Waals surface area (Å²) in [7, 11) is 1.29. The molecule has 2 N–H and O–H groups in total. The van der Waals surface area contributed by atoms with Crippen molar-refractivity contribution in [3.05, 3.63) is 63.7 Å². The molecule has 9 nitrogen and oxygen atoms in total. The van der Waals surface area contributed by atoms with E-state index in [1.54, 1.807) is 0 Å². The predicted octanol–water partition coefficient (Wildman–Crippen LogP) is 2.25. The van der Waals surface area contributed by atoms with Crippen LogP contribution < -0.4 is 20.1 Å². The number of nitro groups is 1. The molecule has 0 bridgehead atoms. The Hall–Kier alpha value is -3.76. The predicted molar refractivity (Wildman–Crippen MR) is 96.9 cm³/mol. The van der Waals surface area contributed by atoms with Crippen molar-refractivity contribution in [1.29, 1.82) is 0 Å². The second kappa shape index (κ2) is 9.97. The van der Waals surface area contributed by atoms with Gasteiger partial charge in [0.1, 0.15) is 0 Å². The first kappa shape index (κ1) is 21.5. The summed E-state index contributed by atoms with van der Waals surface area (Å²) in [6, 6.07) is 9.29. The van der Waals surface area contributed by atoms with Crippen molar-refractivity contribution in [1.82, 2.24) is 10.6 Å². The van der Waals surface area contributed by atoms with Crippen molar-refractivity contribution >= 4 is 17.5 Å². The van der Waals surface area contributed by atoms with Gasteiger partial charge >= 0.3 is 6.61 Å². The molecule has 0 aliphatic carbocycles. The number of ether oxygens (including phenoxy) is 2. The number of hydrogen-bond donors (Lipinski definition) is 2. The Balaban J connectivity index is 1.87. The minimum Gasteiger partial charge on any atom is -0.493 e. The summed E-state index contributed by atoms with van der Waals surface area (Å²) in [5, 5.41) is 15.6. The van der Waals surface area contributed by atoms with Crippen LogP contribution in [0.4, 0.5) is 14.5 Å². The van der Waals surface area contributed by atoms with Crippen LogP contribution in [0.3, 0.4) is 0 Å². The largest absolute Gasteiger partial charge is 0.493 e. The maximum atomic E-state index is 12.3. The molecule has 0 saturated heterocycles. The van der Waals surface area contributed by atoms with Gasteiger partial charge in [0, 0.05) is 24.2 Å². The molecule has 0 aliphatic rings. The van der Waals surface area contributed by atoms with Crippen LogP contribution in [0.1, 0.15) is 15.9 Å². The van der Waals surface area contributed by atoms with E-state index in [0.717, 1.165) is 6.07 Å². The van der Waals surface area contributed by atoms with Crippen LogP contribution in [0.5, 0.6) is 11.5 Å². The Bertz CT molecular complexity index is 907. The molecule has 11 heteroatoms. The number of amides is 2. The fourth-order valence-electron chi connectivity index (χ4n) is 2.30. The standard InChI is InChI=1S/C18H17F2N3O6/c1-28-15-7-11(5-6-14(15)29-18(19)20)9-21-16(24)10-22-17(25)12-3-2-4-13(8-12)23(26)27/h2-8,18H,9-10H2,1H3,(H,21,24)(H,22,25). The highest BCUT2D eigenvalue weighted by Crippen LogP contribution is 2.29. The third-order valence-electron chi connectivity index (χ3n) is 3.66. The molecule has 0 radical (unpaired) electrons. The van der Waals surface area contributed by atoms with Gasteiger partial charge in [-0.1, -0.05) is 12.1 Å². The van der Waals surface area contributed by atoms with Crippen LogP contribution >= 0.6 is 0 Å². The number of methoxy groups -OCH3 is 1. The van der Waals surface area contributed by atoms with Crippen molar-refractivity contribution in [3.63, 3.8) is 0 Å². The van der Waals surface area contributed by atoms with Crippen LogP contribution in [0.25, 0.3) is 0 Å². The van der Waals surface area contributed by atoms with Gasteiger partial charge in [-0.05, 0) is 23.8 Å². The summed E-state index contributed by atoms with van der Waals surface area (Å²) in [5.74, 6) is -1.22. The van der Waals surface area contributed by atoms with Crippen LogP contribution in [0, 0.1) is 10.1 Å². The fraction of sp³-hybridized carbons (Fsp3) is 0.222. The first-order valence-electron chi connectivity index (χ1n) is 8.21. The minimum absolute atomic E-state index is 0.0476. The van der Waals surface area contributed by atoms with Crippen molar-refractivity contribution in [3.8, 4) is 11.5 Å². The van der Waals surface area contributed by atoms with E-state index in [9.17, 15) is 28.5 Å². The fourth-order valence-corrected chi connectivity index (χ4v) is 2.30.